The lowest BCUT2D eigenvalue weighted by Gasteiger charge is -2.26. The van der Waals surface area contributed by atoms with Crippen LogP contribution in [0.1, 0.15) is 57.5 Å². The van der Waals surface area contributed by atoms with Gasteiger partial charge in [-0.1, -0.05) is 22.0 Å². The van der Waals surface area contributed by atoms with Crippen molar-refractivity contribution >= 4 is 33.8 Å². The van der Waals surface area contributed by atoms with E-state index in [9.17, 15) is 14.4 Å². The van der Waals surface area contributed by atoms with Crippen LogP contribution >= 0.6 is 15.9 Å². The monoisotopic (exact) mass is 471 g/mol. The number of amides is 3. The summed E-state index contributed by atoms with van der Waals surface area (Å²) in [5, 5.41) is 2.47. The lowest BCUT2D eigenvalue weighted by Crippen LogP contribution is -2.55. The molecular weight excluding hydrogens is 442 g/mol. The van der Waals surface area contributed by atoms with Gasteiger partial charge >= 0.3 is 6.09 Å². The number of nitrogens with one attached hydrogen (secondary N) is 3. The number of hydrogen-bond donors (Lipinski definition) is 3. The molecule has 0 saturated carbocycles. The molecule has 0 aliphatic carbocycles. The van der Waals surface area contributed by atoms with Crippen LogP contribution in [0, 0.1) is 6.92 Å². The Bertz CT molecular complexity index is 753. The summed E-state index contributed by atoms with van der Waals surface area (Å²) in [7, 11) is 0. The summed E-state index contributed by atoms with van der Waals surface area (Å²) in [6.07, 6.45) is -0.760. The van der Waals surface area contributed by atoms with Crippen molar-refractivity contribution in [1.82, 2.24) is 16.2 Å². The summed E-state index contributed by atoms with van der Waals surface area (Å²) in [6.45, 7) is 12.3. The van der Waals surface area contributed by atoms with E-state index in [-0.39, 0.29) is 6.61 Å². The normalized spacial score (nSPS) is 12.7. The maximum Gasteiger partial charge on any atom is 0.408 e. The van der Waals surface area contributed by atoms with Gasteiger partial charge in [-0.3, -0.25) is 20.4 Å². The fourth-order valence-electron chi connectivity index (χ4n) is 2.09. The Kier molecular flexibility index (Phi) is 8.65. The molecule has 8 nitrogen and oxygen atoms in total. The van der Waals surface area contributed by atoms with Crippen molar-refractivity contribution in [3.05, 3.63) is 33.8 Å². The van der Waals surface area contributed by atoms with E-state index >= 15 is 0 Å². The lowest BCUT2D eigenvalue weighted by molar-refractivity contribution is -0.127. The first-order valence-electron chi connectivity index (χ1n) is 9.18. The van der Waals surface area contributed by atoms with Crippen LogP contribution in [0.4, 0.5) is 4.79 Å². The molecule has 1 atom stereocenters. The molecule has 0 unspecified atom stereocenters. The molecule has 0 bridgehead atoms. The predicted octanol–water partition coefficient (Wildman–Crippen LogP) is 3.23. The topological polar surface area (TPSA) is 106 Å². The average molecular weight is 472 g/mol. The summed E-state index contributed by atoms with van der Waals surface area (Å²) in [5.74, 6) is -1.12. The highest BCUT2D eigenvalue weighted by Crippen LogP contribution is 2.19. The van der Waals surface area contributed by atoms with Gasteiger partial charge in [-0.15, -0.1) is 0 Å². The minimum Gasteiger partial charge on any atom is -0.444 e. The Labute approximate surface area is 180 Å². The van der Waals surface area contributed by atoms with Gasteiger partial charge in [0.2, 0.25) is 0 Å². The minimum absolute atomic E-state index is 0.0969. The molecule has 29 heavy (non-hydrogen) atoms. The van der Waals surface area contributed by atoms with Crippen LogP contribution in [0.25, 0.3) is 0 Å². The number of hydrogen-bond acceptors (Lipinski definition) is 5. The molecule has 3 N–H and O–H groups in total. The van der Waals surface area contributed by atoms with Gasteiger partial charge < -0.3 is 14.8 Å². The number of benzene rings is 1. The molecule has 0 spiro atoms. The predicted molar refractivity (Wildman–Crippen MR) is 113 cm³/mol. The molecule has 0 fully saturated rings. The van der Waals surface area contributed by atoms with E-state index < -0.39 is 35.2 Å². The van der Waals surface area contributed by atoms with Crippen LogP contribution in [-0.2, 0) is 14.3 Å². The van der Waals surface area contributed by atoms with E-state index in [1.165, 1.54) is 0 Å². The molecule has 1 rings (SSSR count). The van der Waals surface area contributed by atoms with Crippen LogP contribution in [0.3, 0.4) is 0 Å². The van der Waals surface area contributed by atoms with Crippen molar-refractivity contribution in [3.8, 4) is 0 Å². The standard InChI is InChI=1S/C20H30BrN3O5/c1-12-13(9-8-10-14(12)21)16(25)23-24-17(26)15(11-28-19(2,3)4)22-18(27)29-20(5,6)7/h8-10,15H,11H2,1-7H3,(H,22,27)(H,23,25)(H,24,26)/t15-/m1/s1. The van der Waals surface area contributed by atoms with Crippen molar-refractivity contribution < 1.29 is 23.9 Å². The van der Waals surface area contributed by atoms with Crippen LogP contribution in [0.2, 0.25) is 0 Å². The second kappa shape index (κ2) is 10.1. The first kappa shape index (κ1) is 24.9. The van der Waals surface area contributed by atoms with Crippen molar-refractivity contribution in [2.24, 2.45) is 0 Å². The third kappa shape index (κ3) is 9.27. The smallest absolute Gasteiger partial charge is 0.408 e. The van der Waals surface area contributed by atoms with Gasteiger partial charge in [0, 0.05) is 10.0 Å². The number of halogens is 1. The van der Waals surface area contributed by atoms with E-state index in [0.29, 0.717) is 5.56 Å². The number of alkyl carbamates (subject to hydrolysis) is 1. The summed E-state index contributed by atoms with van der Waals surface area (Å²) in [5.41, 5.74) is 4.58. The second-order valence-electron chi connectivity index (χ2n) is 8.48. The third-order valence-electron chi connectivity index (χ3n) is 3.50. The highest BCUT2D eigenvalue weighted by Gasteiger charge is 2.27. The van der Waals surface area contributed by atoms with E-state index in [1.54, 1.807) is 39.8 Å². The maximum atomic E-state index is 12.6. The third-order valence-corrected chi connectivity index (χ3v) is 4.36. The number of rotatable bonds is 5. The number of ether oxygens (including phenoxy) is 2. The first-order valence-corrected chi connectivity index (χ1v) is 9.98. The van der Waals surface area contributed by atoms with E-state index in [0.717, 1.165) is 10.0 Å². The van der Waals surface area contributed by atoms with Crippen LogP contribution < -0.4 is 16.2 Å². The Morgan fingerprint density at radius 3 is 2.21 bits per heavy atom. The highest BCUT2D eigenvalue weighted by atomic mass is 79.9. The average Bonchev–Trinajstić information content (AvgIpc) is 2.56. The second-order valence-corrected chi connectivity index (χ2v) is 9.33. The zero-order chi connectivity index (χ0) is 22.4. The molecule has 0 radical (unpaired) electrons. The zero-order valence-electron chi connectivity index (χ0n) is 17.9. The van der Waals surface area contributed by atoms with Crippen molar-refractivity contribution in [3.63, 3.8) is 0 Å². The largest absolute Gasteiger partial charge is 0.444 e. The van der Waals surface area contributed by atoms with Gasteiger partial charge in [0.1, 0.15) is 11.6 Å². The Morgan fingerprint density at radius 1 is 1.03 bits per heavy atom. The molecule has 0 aromatic heterocycles. The number of carbonyl (C=O) groups is 3. The van der Waals surface area contributed by atoms with Crippen LogP contribution in [0.15, 0.2) is 22.7 Å². The van der Waals surface area contributed by atoms with Crippen LogP contribution in [-0.4, -0.2) is 41.8 Å². The Morgan fingerprint density at radius 2 is 1.66 bits per heavy atom. The summed E-state index contributed by atoms with van der Waals surface area (Å²) >= 11 is 3.36. The van der Waals surface area contributed by atoms with Crippen molar-refractivity contribution in [1.29, 1.82) is 0 Å². The molecule has 3 amide bonds. The fourth-order valence-corrected chi connectivity index (χ4v) is 2.46. The molecule has 162 valence electrons. The molecule has 0 aliphatic heterocycles. The molecule has 1 aromatic rings. The zero-order valence-corrected chi connectivity index (χ0v) is 19.5. The van der Waals surface area contributed by atoms with Gasteiger partial charge in [0.05, 0.1) is 12.2 Å². The molecule has 0 aliphatic rings. The van der Waals surface area contributed by atoms with Gasteiger partial charge in [-0.25, -0.2) is 4.79 Å². The quantitative estimate of drug-likeness (QED) is 0.571. The highest BCUT2D eigenvalue weighted by molar-refractivity contribution is 9.10. The summed E-state index contributed by atoms with van der Waals surface area (Å²) in [4.78, 5) is 37.0. The first-order chi connectivity index (χ1) is 13.2. The van der Waals surface area contributed by atoms with E-state index in [1.807, 2.05) is 26.8 Å². The number of carbonyl (C=O) groups excluding carboxylic acids is 3. The summed E-state index contributed by atoms with van der Waals surface area (Å²) in [6, 6.07) is 4.11. The molecule has 0 heterocycles. The van der Waals surface area contributed by atoms with Gasteiger partial charge in [-0.2, -0.15) is 0 Å². The molecule has 1 aromatic carbocycles. The Balaban J connectivity index is 2.80. The molecule has 0 saturated heterocycles. The van der Waals surface area contributed by atoms with Crippen molar-refractivity contribution in [2.45, 2.75) is 65.7 Å². The molecular formula is C20H30BrN3O5. The lowest BCUT2D eigenvalue weighted by atomic mass is 10.1. The maximum absolute atomic E-state index is 12.6. The minimum atomic E-state index is -1.06. The van der Waals surface area contributed by atoms with Gasteiger partial charge in [0.25, 0.3) is 11.8 Å². The van der Waals surface area contributed by atoms with Gasteiger partial charge in [0.15, 0.2) is 0 Å². The SMILES string of the molecule is Cc1c(Br)cccc1C(=O)NNC(=O)[C@@H](COC(C)(C)C)NC(=O)OC(C)(C)C. The van der Waals surface area contributed by atoms with Crippen LogP contribution in [0.5, 0.6) is 0 Å². The van der Waals surface area contributed by atoms with E-state index in [4.69, 9.17) is 9.47 Å². The fraction of sp³-hybridized carbons (Fsp3) is 0.550. The molecule has 9 heteroatoms. The summed E-state index contributed by atoms with van der Waals surface area (Å²) < 4.78 is 11.6. The van der Waals surface area contributed by atoms with Gasteiger partial charge in [-0.05, 0) is 66.2 Å². The number of hydrazine groups is 1. The van der Waals surface area contributed by atoms with Crippen molar-refractivity contribution in [2.75, 3.05) is 6.61 Å². The van der Waals surface area contributed by atoms with E-state index in [2.05, 4.69) is 32.1 Å². The Hall–Kier alpha value is -2.13.